The summed E-state index contributed by atoms with van der Waals surface area (Å²) in [6.45, 7) is 0. The molecule has 8 aromatic carbocycles. The van der Waals surface area contributed by atoms with Gasteiger partial charge in [-0.3, -0.25) is 4.98 Å². The number of hydrogen-bond acceptors (Lipinski definition) is 6. The molecule has 14 aromatic rings. The predicted octanol–water partition coefficient (Wildman–Crippen LogP) is 27.2. The molecule has 17 aliphatic rings. The molecule has 12 aliphatic carbocycles. The SMILES string of the molecule is [Ir+3].[Ir+3].[c-]1cc2ccc1-c1ccc(cn1)CCCCCCc1c[c-]c(cc1)-c1cc3cc(ccc3cn1)CCCCCCc1c[c-]c(cc1)-c1ccc(cn1)CCCCCC2.[c-]1cc2ccc1-c1ccc(cn1)CCCCCCc1c[c-]c(cc1)-c1ccc(cn1)CCCCCCc1c[c-]c(cc1)-c1ccc3c(cccc3n1)CCCCC2. The van der Waals surface area contributed by atoms with Gasteiger partial charge in [0.1, 0.15) is 0 Å². The molecule has 11 heterocycles. The van der Waals surface area contributed by atoms with Crippen LogP contribution < -0.4 is 0 Å². The van der Waals surface area contributed by atoms with Crippen LogP contribution in [-0.2, 0) is 117 Å². The summed E-state index contributed by atoms with van der Waals surface area (Å²) < 4.78 is 0. The molecule has 0 unspecified atom stereocenters. The molecule has 6 aromatic heterocycles. The molecule has 0 fully saturated rings. The van der Waals surface area contributed by atoms with Crippen molar-refractivity contribution in [3.05, 3.63) is 346 Å². The van der Waals surface area contributed by atoms with Crippen molar-refractivity contribution >= 4 is 21.7 Å². The van der Waals surface area contributed by atoms with Crippen LogP contribution in [0.3, 0.4) is 0 Å². The molecule has 0 amide bonds. The Morgan fingerprint density at radius 1 is 0.197 bits per heavy atom. The first-order valence-corrected chi connectivity index (χ1v) is 43.6. The Kier molecular flexibility index (Phi) is 33.1. The van der Waals surface area contributed by atoms with Gasteiger partial charge >= 0.3 is 40.2 Å². The maximum atomic E-state index is 5.07. The van der Waals surface area contributed by atoms with E-state index >= 15 is 0 Å². The van der Waals surface area contributed by atoms with Crippen molar-refractivity contribution in [2.75, 3.05) is 0 Å². The van der Waals surface area contributed by atoms with Gasteiger partial charge in [-0.15, -0.1) is 212 Å². The van der Waals surface area contributed by atoms with Crippen LogP contribution >= 0.6 is 0 Å². The zero-order valence-corrected chi connectivity index (χ0v) is 73.0. The minimum atomic E-state index is 0. The van der Waals surface area contributed by atoms with Crippen LogP contribution in [0, 0.1) is 36.4 Å². The van der Waals surface area contributed by atoms with Gasteiger partial charge in [-0.2, -0.15) is 0 Å². The first-order valence-electron chi connectivity index (χ1n) is 43.6. The molecule has 0 N–H and O–H groups in total. The van der Waals surface area contributed by atoms with Gasteiger partial charge in [0.25, 0.3) is 0 Å². The summed E-state index contributed by atoms with van der Waals surface area (Å²) in [5, 5.41) is 3.72. The fourth-order valence-corrected chi connectivity index (χ4v) is 16.5. The number of benzene rings is 8. The molecule has 0 atom stereocenters. The molecule has 117 heavy (non-hydrogen) atoms. The third kappa shape index (κ3) is 25.7. The smallest absolute Gasteiger partial charge is 0.304 e. The standard InChI is InChI=1S/C55H56N3.C54H54N3.2Ir/c1-4-10-16-45-25-34-51-41-58-55(38-52(51)37-45)50-32-23-44(24-33-50)15-9-3-6-12-18-47-27-36-54(57-40-47)49-30-21-43(22-31-49)14-8-2-5-11-17-46-26-35-53(56-39-46)48-28-19-42(13-7-1)20-29-48;1-3-8-16-44-28-37-52(56-40-44)48-31-23-43(24-32-48)15-10-5-11-18-46-19-12-20-54-50(46)35-38-53(57-54)49-33-25-42(26-34-49)14-7-2-4-9-17-45-27-36-51(55-39-45)47-29-21-41(13-6-1)22-30-47;;/h19-28,30,32,34-41H,1-18H2;12,19-29,31,33,35-40H,1-11,13-18H2;;/q2*-3;2*+3. The minimum absolute atomic E-state index is 0. The summed E-state index contributed by atoms with van der Waals surface area (Å²) >= 11 is 0. The largest absolute Gasteiger partial charge is 3.00 e. The van der Waals surface area contributed by atoms with Crippen molar-refractivity contribution in [2.24, 2.45) is 0 Å². The van der Waals surface area contributed by atoms with E-state index in [0.29, 0.717) is 0 Å². The van der Waals surface area contributed by atoms with Crippen molar-refractivity contribution in [2.45, 2.75) is 225 Å². The molecule has 27 bridgehead atoms. The normalized spacial score (nSPS) is 15.0. The summed E-state index contributed by atoms with van der Waals surface area (Å²) in [6.07, 6.45) is 51.3. The number of aryl methyl sites for hydroxylation is 12. The van der Waals surface area contributed by atoms with Crippen molar-refractivity contribution in [1.82, 2.24) is 29.9 Å². The molecule has 6 nitrogen and oxygen atoms in total. The number of rotatable bonds is 0. The van der Waals surface area contributed by atoms with Crippen LogP contribution in [-0.4, -0.2) is 29.9 Å². The van der Waals surface area contributed by atoms with Crippen molar-refractivity contribution in [3.8, 4) is 67.5 Å². The second kappa shape index (κ2) is 45.4. The Bertz CT molecular complexity index is 5280. The summed E-state index contributed by atoms with van der Waals surface area (Å²) in [6, 6.07) is 98.4. The average Bonchev–Trinajstić information content (AvgIpc) is 0.805. The van der Waals surface area contributed by atoms with Crippen LogP contribution in [0.25, 0.3) is 89.2 Å². The topological polar surface area (TPSA) is 77.3 Å². The zero-order chi connectivity index (χ0) is 77.7. The first kappa shape index (κ1) is 85.4. The van der Waals surface area contributed by atoms with E-state index in [1.807, 2.05) is 6.20 Å². The molecule has 0 radical (unpaired) electrons. The number of aromatic nitrogens is 6. The monoisotopic (exact) mass is 1890 g/mol. The number of pyridine rings is 6. The van der Waals surface area contributed by atoms with E-state index in [0.717, 1.165) is 150 Å². The first-order chi connectivity index (χ1) is 56.9. The number of nitrogens with zero attached hydrogens (tertiary/aromatic N) is 6. The molecule has 594 valence electrons. The van der Waals surface area contributed by atoms with E-state index in [1.54, 1.807) is 0 Å². The van der Waals surface area contributed by atoms with E-state index in [2.05, 4.69) is 274 Å². The molecule has 0 spiro atoms. The summed E-state index contributed by atoms with van der Waals surface area (Å²) in [7, 11) is 0. The van der Waals surface area contributed by atoms with Gasteiger partial charge in [0.2, 0.25) is 0 Å². The molecular formula is C109H110Ir2N6. The molecule has 31 rings (SSSR count). The Balaban J connectivity index is 0.000000200. The third-order valence-electron chi connectivity index (χ3n) is 23.6. The van der Waals surface area contributed by atoms with E-state index in [1.165, 1.54) is 231 Å². The van der Waals surface area contributed by atoms with E-state index in [-0.39, 0.29) is 40.2 Å². The van der Waals surface area contributed by atoms with Gasteiger partial charge in [0.05, 0.1) is 5.52 Å². The Morgan fingerprint density at radius 3 is 0.795 bits per heavy atom. The van der Waals surface area contributed by atoms with Crippen LogP contribution in [0.5, 0.6) is 0 Å². The predicted molar refractivity (Wildman–Crippen MR) is 477 cm³/mol. The van der Waals surface area contributed by atoms with Crippen LogP contribution in [0.4, 0.5) is 0 Å². The average molecular weight is 1890 g/mol. The fourth-order valence-electron chi connectivity index (χ4n) is 16.5. The Labute approximate surface area is 724 Å². The minimum Gasteiger partial charge on any atom is -0.304 e. The molecule has 0 saturated carbocycles. The second-order valence-electron chi connectivity index (χ2n) is 32.4. The molecule has 8 heteroatoms. The summed E-state index contributed by atoms with van der Waals surface area (Å²) in [5.41, 5.74) is 29.7. The number of fused-ring (bicyclic) bond motifs is 4. The Hall–Kier alpha value is -9.52. The van der Waals surface area contributed by atoms with Crippen LogP contribution in [0.1, 0.15) is 214 Å². The van der Waals surface area contributed by atoms with E-state index in [9.17, 15) is 0 Å². The second-order valence-corrected chi connectivity index (χ2v) is 32.4. The van der Waals surface area contributed by atoms with E-state index < -0.39 is 0 Å². The van der Waals surface area contributed by atoms with Gasteiger partial charge in [-0.05, 0) is 161 Å². The van der Waals surface area contributed by atoms with E-state index in [4.69, 9.17) is 29.9 Å². The molecule has 5 aliphatic heterocycles. The van der Waals surface area contributed by atoms with Crippen molar-refractivity contribution < 1.29 is 40.2 Å². The fraction of sp³-hybridized carbons (Fsp3) is 0.321. The van der Waals surface area contributed by atoms with Gasteiger partial charge in [-0.25, -0.2) is 0 Å². The van der Waals surface area contributed by atoms with Gasteiger partial charge in [0, 0.05) is 36.4 Å². The quantitative estimate of drug-likeness (QED) is 0.141. The maximum Gasteiger partial charge on any atom is 3.00 e. The number of hydrogen-bond donors (Lipinski definition) is 0. The molecular weight excluding hydrogens is 1780 g/mol. The maximum absolute atomic E-state index is 5.07. The van der Waals surface area contributed by atoms with Gasteiger partial charge in [0.15, 0.2) is 0 Å². The van der Waals surface area contributed by atoms with Crippen LogP contribution in [0.15, 0.2) is 243 Å². The zero-order valence-electron chi connectivity index (χ0n) is 68.2. The van der Waals surface area contributed by atoms with Gasteiger partial charge in [-0.1, -0.05) is 245 Å². The van der Waals surface area contributed by atoms with Crippen molar-refractivity contribution in [3.63, 3.8) is 0 Å². The third-order valence-corrected chi connectivity index (χ3v) is 23.6. The van der Waals surface area contributed by atoms with Crippen molar-refractivity contribution in [1.29, 1.82) is 0 Å². The van der Waals surface area contributed by atoms with Crippen LogP contribution in [0.2, 0.25) is 0 Å². The molecule has 0 saturated heterocycles. The summed E-state index contributed by atoms with van der Waals surface area (Å²) in [4.78, 5) is 29.1. The van der Waals surface area contributed by atoms with Gasteiger partial charge < -0.3 is 24.9 Å². The Morgan fingerprint density at radius 2 is 0.470 bits per heavy atom. The summed E-state index contributed by atoms with van der Waals surface area (Å²) in [5.74, 6) is 0.